The van der Waals surface area contributed by atoms with Crippen LogP contribution >= 0.6 is 0 Å². The second-order valence-corrected chi connectivity index (χ2v) is 11.1. The molecule has 0 fully saturated rings. The molecule has 9 rings (SSSR count). The molecule has 1 nitrogen and oxygen atoms in total. The first-order valence-electron chi connectivity index (χ1n) is 18.4. The SMILES string of the molecule is [2H]c1c([2H])c([2H])c2c(-c3ccccc3-c3ccccc3)c3c([2H])c(-c4ccccc4)c([2H])c([2H])c3c(-c3ccc4oc5ccccc5c4c3)c2c1[2H]. The number of para-hydroxylation sites is 1. The van der Waals surface area contributed by atoms with Gasteiger partial charge in [-0.25, -0.2) is 0 Å². The van der Waals surface area contributed by atoms with Gasteiger partial charge in [-0.2, -0.15) is 0 Å². The third kappa shape index (κ3) is 4.17. The van der Waals surface area contributed by atoms with Crippen molar-refractivity contribution in [3.8, 4) is 44.5 Å². The highest BCUT2D eigenvalue weighted by atomic mass is 16.3. The minimum atomic E-state index is -0.403. The molecule has 8 aromatic carbocycles. The van der Waals surface area contributed by atoms with E-state index in [-0.39, 0.29) is 51.9 Å². The van der Waals surface area contributed by atoms with Crippen LogP contribution in [0.3, 0.4) is 0 Å². The van der Waals surface area contributed by atoms with Gasteiger partial charge in [0.05, 0.1) is 9.60 Å². The monoisotopic (exact) mass is 579 g/mol. The van der Waals surface area contributed by atoms with Crippen LogP contribution in [0.2, 0.25) is 0 Å². The largest absolute Gasteiger partial charge is 0.456 e. The third-order valence-corrected chi connectivity index (χ3v) is 8.51. The van der Waals surface area contributed by atoms with Gasteiger partial charge in [-0.3, -0.25) is 0 Å². The first-order valence-corrected chi connectivity index (χ1v) is 14.9. The molecular formula is C44H28O. The summed E-state index contributed by atoms with van der Waals surface area (Å²) < 4.78 is 71.8. The quantitative estimate of drug-likeness (QED) is 0.189. The van der Waals surface area contributed by atoms with E-state index in [1.807, 2.05) is 127 Å². The van der Waals surface area contributed by atoms with Crippen LogP contribution in [-0.4, -0.2) is 0 Å². The first-order chi connectivity index (χ1) is 25.3. The fourth-order valence-corrected chi connectivity index (χ4v) is 6.48. The minimum absolute atomic E-state index is 0.00506. The molecule has 0 bridgehead atoms. The van der Waals surface area contributed by atoms with Crippen LogP contribution in [0, 0.1) is 0 Å². The van der Waals surface area contributed by atoms with Crippen molar-refractivity contribution < 1.29 is 14.0 Å². The highest BCUT2D eigenvalue weighted by molar-refractivity contribution is 6.23. The van der Waals surface area contributed by atoms with Crippen molar-refractivity contribution in [1.82, 2.24) is 0 Å². The Morgan fingerprint density at radius 2 is 1.00 bits per heavy atom. The predicted molar refractivity (Wildman–Crippen MR) is 190 cm³/mol. The maximum atomic E-state index is 9.94. The van der Waals surface area contributed by atoms with Crippen molar-refractivity contribution in [3.63, 3.8) is 0 Å². The zero-order valence-corrected chi connectivity index (χ0v) is 24.0. The van der Waals surface area contributed by atoms with E-state index in [4.69, 9.17) is 7.16 Å². The molecule has 0 spiro atoms. The Labute approximate surface area is 271 Å². The van der Waals surface area contributed by atoms with Gasteiger partial charge in [-0.1, -0.05) is 145 Å². The maximum Gasteiger partial charge on any atom is 0.135 e. The van der Waals surface area contributed by atoms with E-state index >= 15 is 0 Å². The Morgan fingerprint density at radius 1 is 0.378 bits per heavy atom. The molecule has 0 saturated carbocycles. The standard InChI is InChI=1S/C44H28O/c1-3-13-29(14-4-1)31-23-25-38-40(27-31)44(35-19-8-7-17-33(35)30-15-5-2-6-16-30)37-21-10-9-20-36(37)43(38)32-24-26-42-39(28-32)34-18-11-12-22-41(34)45-42/h1-28H/i9D,10D,20D,21D,23D,25D,27D. The molecule has 1 aromatic heterocycles. The molecule has 45 heavy (non-hydrogen) atoms. The lowest BCUT2D eigenvalue weighted by molar-refractivity contribution is 0.669. The smallest absolute Gasteiger partial charge is 0.135 e. The summed E-state index contributed by atoms with van der Waals surface area (Å²) in [6, 6.07) is 38.3. The van der Waals surface area contributed by atoms with Gasteiger partial charge in [0.25, 0.3) is 0 Å². The summed E-state index contributed by atoms with van der Waals surface area (Å²) in [6.07, 6.45) is 0. The van der Waals surface area contributed by atoms with E-state index in [9.17, 15) is 6.85 Å². The summed E-state index contributed by atoms with van der Waals surface area (Å²) in [4.78, 5) is 0. The average molecular weight is 580 g/mol. The Kier molecular flexibility index (Phi) is 4.46. The fraction of sp³-hybridized carbons (Fsp3) is 0. The van der Waals surface area contributed by atoms with Gasteiger partial charge in [0, 0.05) is 10.8 Å². The number of hydrogen-bond acceptors (Lipinski definition) is 1. The van der Waals surface area contributed by atoms with Gasteiger partial charge < -0.3 is 4.42 Å². The normalized spacial score (nSPS) is 13.7. The van der Waals surface area contributed by atoms with Gasteiger partial charge in [0.1, 0.15) is 11.2 Å². The van der Waals surface area contributed by atoms with E-state index < -0.39 is 12.1 Å². The number of furan rings is 1. The molecule has 1 heterocycles. The predicted octanol–water partition coefficient (Wildman–Crippen LogP) is 12.6. The number of benzene rings is 8. The van der Waals surface area contributed by atoms with Crippen molar-refractivity contribution in [1.29, 1.82) is 0 Å². The molecule has 0 aliphatic heterocycles. The molecule has 0 atom stereocenters. The minimum Gasteiger partial charge on any atom is -0.456 e. The molecule has 9 aromatic rings. The van der Waals surface area contributed by atoms with E-state index in [0.29, 0.717) is 44.4 Å². The van der Waals surface area contributed by atoms with Crippen molar-refractivity contribution in [3.05, 3.63) is 170 Å². The summed E-state index contributed by atoms with van der Waals surface area (Å²) in [5, 5.41) is 2.77. The molecule has 0 unspecified atom stereocenters. The number of fused-ring (bicyclic) bond motifs is 5. The van der Waals surface area contributed by atoms with E-state index in [2.05, 4.69) is 0 Å². The van der Waals surface area contributed by atoms with Gasteiger partial charge >= 0.3 is 0 Å². The summed E-state index contributed by atoms with van der Waals surface area (Å²) in [7, 11) is 0. The van der Waals surface area contributed by atoms with E-state index in [1.54, 1.807) is 0 Å². The zero-order chi connectivity index (χ0) is 35.8. The van der Waals surface area contributed by atoms with Gasteiger partial charge in [0.15, 0.2) is 0 Å². The number of hydrogen-bond donors (Lipinski definition) is 0. The molecular weight excluding hydrogens is 544 g/mol. The van der Waals surface area contributed by atoms with Crippen LogP contribution in [0.1, 0.15) is 9.60 Å². The lowest BCUT2D eigenvalue weighted by Crippen LogP contribution is -1.93. The highest BCUT2D eigenvalue weighted by Gasteiger charge is 2.20. The van der Waals surface area contributed by atoms with Crippen LogP contribution < -0.4 is 0 Å². The second-order valence-electron chi connectivity index (χ2n) is 11.1. The zero-order valence-electron chi connectivity index (χ0n) is 31.0. The Hall–Kier alpha value is -5.92. The van der Waals surface area contributed by atoms with Crippen molar-refractivity contribution in [2.75, 3.05) is 0 Å². The van der Waals surface area contributed by atoms with Crippen molar-refractivity contribution in [2.24, 2.45) is 0 Å². The van der Waals surface area contributed by atoms with Crippen LogP contribution in [0.15, 0.2) is 174 Å². The summed E-state index contributed by atoms with van der Waals surface area (Å²) in [5.74, 6) is 0. The Balaban J connectivity index is 1.57. The van der Waals surface area contributed by atoms with Crippen LogP contribution in [0.5, 0.6) is 0 Å². The lowest BCUT2D eigenvalue weighted by Gasteiger charge is -2.20. The number of rotatable bonds is 4. The molecule has 0 aliphatic carbocycles. The third-order valence-electron chi connectivity index (χ3n) is 8.51. The van der Waals surface area contributed by atoms with Gasteiger partial charge in [0.2, 0.25) is 0 Å². The summed E-state index contributed by atoms with van der Waals surface area (Å²) >= 11 is 0. The Morgan fingerprint density at radius 3 is 1.80 bits per heavy atom. The summed E-state index contributed by atoms with van der Waals surface area (Å²) in [6.45, 7) is 0. The molecule has 0 saturated heterocycles. The van der Waals surface area contributed by atoms with Crippen LogP contribution in [0.25, 0.3) is 88.0 Å². The maximum absolute atomic E-state index is 9.94. The van der Waals surface area contributed by atoms with Crippen LogP contribution in [-0.2, 0) is 0 Å². The average Bonchev–Trinajstić information content (AvgIpc) is 3.56. The molecule has 210 valence electrons. The molecule has 0 N–H and O–H groups in total. The molecule has 0 amide bonds. The highest BCUT2D eigenvalue weighted by Crippen LogP contribution is 2.47. The summed E-state index contributed by atoms with van der Waals surface area (Å²) in [5.41, 5.74) is 5.96. The first kappa shape index (κ1) is 19.4. The van der Waals surface area contributed by atoms with Crippen molar-refractivity contribution >= 4 is 43.5 Å². The van der Waals surface area contributed by atoms with E-state index in [1.165, 1.54) is 0 Å². The van der Waals surface area contributed by atoms with Crippen LogP contribution in [0.4, 0.5) is 0 Å². The Bertz CT molecular complexity index is 2920. The molecule has 0 aliphatic rings. The van der Waals surface area contributed by atoms with Crippen molar-refractivity contribution in [2.45, 2.75) is 0 Å². The van der Waals surface area contributed by atoms with Gasteiger partial charge in [-0.05, 0) is 90.3 Å². The lowest BCUT2D eigenvalue weighted by atomic mass is 9.83. The topological polar surface area (TPSA) is 13.1 Å². The van der Waals surface area contributed by atoms with Gasteiger partial charge in [-0.15, -0.1) is 0 Å². The fourth-order valence-electron chi connectivity index (χ4n) is 6.48. The molecule has 1 heteroatoms. The second kappa shape index (κ2) is 10.4. The van der Waals surface area contributed by atoms with E-state index in [0.717, 1.165) is 21.9 Å². The molecule has 0 radical (unpaired) electrons.